The molecule has 0 atom stereocenters. The van der Waals surface area contributed by atoms with E-state index in [4.69, 9.17) is 18.0 Å². The molecule has 2 N–H and O–H groups in total. The van der Waals surface area contributed by atoms with Crippen LogP contribution in [0.2, 0.25) is 0 Å². The Morgan fingerprint density at radius 2 is 2.05 bits per heavy atom. The van der Waals surface area contributed by atoms with Gasteiger partial charge in [-0.2, -0.15) is 0 Å². The van der Waals surface area contributed by atoms with Crippen molar-refractivity contribution in [3.05, 3.63) is 51.4 Å². The lowest BCUT2D eigenvalue weighted by Crippen LogP contribution is -2.19. The van der Waals surface area contributed by atoms with E-state index in [9.17, 15) is 0 Å². The molecule has 0 unspecified atom stereocenters. The topological polar surface area (TPSA) is 55.0 Å². The van der Waals surface area contributed by atoms with Crippen LogP contribution < -0.4 is 10.6 Å². The number of benzene rings is 1. The molecule has 4 nitrogen and oxygen atoms in total. The van der Waals surface area contributed by atoms with Crippen LogP contribution in [0.25, 0.3) is 0 Å². The van der Waals surface area contributed by atoms with Gasteiger partial charge in [-0.1, -0.05) is 30.4 Å². The molecule has 98 valence electrons. The lowest BCUT2D eigenvalue weighted by atomic mass is 10.1. The highest BCUT2D eigenvalue weighted by Crippen LogP contribution is 2.12. The summed E-state index contributed by atoms with van der Waals surface area (Å²) in [6, 6.07) is 7.89. The van der Waals surface area contributed by atoms with Crippen molar-refractivity contribution in [3.63, 3.8) is 0 Å². The second-order valence-electron chi connectivity index (χ2n) is 4.12. The summed E-state index contributed by atoms with van der Waals surface area (Å²) in [6.45, 7) is 0.705. The lowest BCUT2D eigenvalue weighted by Gasteiger charge is -2.17. The number of hydrogen-bond donors (Lipinski definition) is 1. The molecule has 2 aromatic rings. The monoisotopic (exact) mass is 384 g/mol. The van der Waals surface area contributed by atoms with E-state index < -0.39 is 0 Å². The summed E-state index contributed by atoms with van der Waals surface area (Å²) in [4.78, 5) is 11.0. The van der Waals surface area contributed by atoms with E-state index in [-0.39, 0.29) is 0 Å². The van der Waals surface area contributed by atoms with Gasteiger partial charge in [0.15, 0.2) is 0 Å². The fourth-order valence-corrected chi connectivity index (χ4v) is 2.08. The van der Waals surface area contributed by atoms with E-state index in [0.717, 1.165) is 14.7 Å². The first-order valence-corrected chi connectivity index (χ1v) is 7.12. The zero-order chi connectivity index (χ0) is 13.8. The predicted molar refractivity (Wildman–Crippen MR) is 89.2 cm³/mol. The van der Waals surface area contributed by atoms with Crippen LogP contribution in [0.3, 0.4) is 0 Å². The number of nitrogens with two attached hydrogens (primary N) is 1. The van der Waals surface area contributed by atoms with Crippen LogP contribution >= 0.6 is 34.8 Å². The highest BCUT2D eigenvalue weighted by atomic mass is 127. The third-order valence-electron chi connectivity index (χ3n) is 2.58. The maximum absolute atomic E-state index is 5.63. The largest absolute Gasteiger partial charge is 0.389 e. The average Bonchev–Trinajstić information content (AvgIpc) is 2.39. The Balaban J connectivity index is 2.14. The summed E-state index contributed by atoms with van der Waals surface area (Å²) in [5, 5.41) is 0. The van der Waals surface area contributed by atoms with Crippen molar-refractivity contribution < 1.29 is 0 Å². The maximum atomic E-state index is 5.63. The fourth-order valence-electron chi connectivity index (χ4n) is 1.67. The SMILES string of the molecule is CN(Cc1cccc(C(N)=S)c1)c1ncc(I)cn1. The first-order chi connectivity index (χ1) is 9.06. The molecule has 0 fully saturated rings. The molecule has 0 aliphatic carbocycles. The van der Waals surface area contributed by atoms with Gasteiger partial charge in [-0.05, 0) is 34.2 Å². The Morgan fingerprint density at radius 3 is 2.68 bits per heavy atom. The van der Waals surface area contributed by atoms with Gasteiger partial charge in [-0.3, -0.25) is 0 Å². The van der Waals surface area contributed by atoms with Crippen molar-refractivity contribution in [2.45, 2.75) is 6.54 Å². The Kier molecular flexibility index (Phi) is 4.65. The lowest BCUT2D eigenvalue weighted by molar-refractivity contribution is 0.864. The zero-order valence-corrected chi connectivity index (χ0v) is 13.4. The quantitative estimate of drug-likeness (QED) is 0.648. The number of rotatable bonds is 4. The smallest absolute Gasteiger partial charge is 0.225 e. The van der Waals surface area contributed by atoms with Crippen LogP contribution in [0.5, 0.6) is 0 Å². The number of aromatic nitrogens is 2. The van der Waals surface area contributed by atoms with E-state index in [2.05, 4.69) is 32.6 Å². The normalized spacial score (nSPS) is 10.2. The zero-order valence-electron chi connectivity index (χ0n) is 10.4. The minimum Gasteiger partial charge on any atom is -0.389 e. The van der Waals surface area contributed by atoms with Gasteiger partial charge in [0.25, 0.3) is 0 Å². The van der Waals surface area contributed by atoms with E-state index in [1.807, 2.05) is 36.2 Å². The van der Waals surface area contributed by atoms with Gasteiger partial charge in [0.1, 0.15) is 4.99 Å². The molecule has 0 aliphatic heterocycles. The molecular weight excluding hydrogens is 371 g/mol. The maximum Gasteiger partial charge on any atom is 0.225 e. The van der Waals surface area contributed by atoms with Gasteiger partial charge in [0.2, 0.25) is 5.95 Å². The number of hydrogen-bond acceptors (Lipinski definition) is 4. The predicted octanol–water partition coefficient (Wildman–Crippen LogP) is 2.35. The first kappa shape index (κ1) is 14.1. The fraction of sp³-hybridized carbons (Fsp3) is 0.154. The third kappa shape index (κ3) is 3.84. The molecule has 0 radical (unpaired) electrons. The summed E-state index contributed by atoms with van der Waals surface area (Å²) in [5.41, 5.74) is 7.63. The second-order valence-corrected chi connectivity index (χ2v) is 5.81. The minimum absolute atomic E-state index is 0.412. The Labute approximate surface area is 131 Å². The highest BCUT2D eigenvalue weighted by Gasteiger charge is 2.06. The molecule has 1 heterocycles. The van der Waals surface area contributed by atoms with Gasteiger partial charge >= 0.3 is 0 Å². The van der Waals surface area contributed by atoms with Crippen LogP contribution in [0.1, 0.15) is 11.1 Å². The number of anilines is 1. The standard InChI is InChI=1S/C13H13IN4S/c1-18(13-16-6-11(14)7-17-13)8-9-3-2-4-10(5-9)12(15)19/h2-7H,8H2,1H3,(H2,15,19). The number of thiocarbonyl (C=S) groups is 1. The summed E-state index contributed by atoms with van der Waals surface area (Å²) in [5.74, 6) is 0.696. The summed E-state index contributed by atoms with van der Waals surface area (Å²) in [6.07, 6.45) is 3.59. The van der Waals surface area contributed by atoms with Crippen LogP contribution in [0, 0.1) is 3.57 Å². The van der Waals surface area contributed by atoms with Crippen LogP contribution in [-0.2, 0) is 6.54 Å². The highest BCUT2D eigenvalue weighted by molar-refractivity contribution is 14.1. The van der Waals surface area contributed by atoms with E-state index in [1.54, 1.807) is 12.4 Å². The molecule has 0 saturated heterocycles. The molecule has 0 saturated carbocycles. The summed E-state index contributed by atoms with van der Waals surface area (Å²) in [7, 11) is 1.95. The van der Waals surface area contributed by atoms with Gasteiger partial charge in [0.05, 0.1) is 0 Å². The van der Waals surface area contributed by atoms with Crippen molar-refractivity contribution in [3.8, 4) is 0 Å². The first-order valence-electron chi connectivity index (χ1n) is 5.63. The number of halogens is 1. The van der Waals surface area contributed by atoms with Gasteiger partial charge < -0.3 is 10.6 Å². The molecule has 19 heavy (non-hydrogen) atoms. The van der Waals surface area contributed by atoms with Crippen molar-refractivity contribution in [2.75, 3.05) is 11.9 Å². The Morgan fingerprint density at radius 1 is 1.37 bits per heavy atom. The third-order valence-corrected chi connectivity index (χ3v) is 3.37. The van der Waals surface area contributed by atoms with Gasteiger partial charge in [0, 0.05) is 35.1 Å². The molecule has 2 rings (SSSR count). The summed E-state index contributed by atoms with van der Waals surface area (Å²) >= 11 is 7.16. The van der Waals surface area contributed by atoms with Crippen molar-refractivity contribution in [1.29, 1.82) is 0 Å². The van der Waals surface area contributed by atoms with Crippen molar-refractivity contribution in [2.24, 2.45) is 5.73 Å². The Hall–Kier alpha value is -1.28. The molecule has 6 heteroatoms. The molecule has 0 amide bonds. The second kappa shape index (κ2) is 6.25. The Bertz CT molecular complexity index is 585. The van der Waals surface area contributed by atoms with Crippen LogP contribution in [-0.4, -0.2) is 22.0 Å². The van der Waals surface area contributed by atoms with Crippen molar-refractivity contribution in [1.82, 2.24) is 9.97 Å². The van der Waals surface area contributed by atoms with Crippen molar-refractivity contribution >= 4 is 45.7 Å². The van der Waals surface area contributed by atoms with Crippen LogP contribution in [0.4, 0.5) is 5.95 Å². The van der Waals surface area contributed by atoms with Crippen LogP contribution in [0.15, 0.2) is 36.7 Å². The van der Waals surface area contributed by atoms with Gasteiger partial charge in [-0.25, -0.2) is 9.97 Å². The van der Waals surface area contributed by atoms with E-state index in [0.29, 0.717) is 17.5 Å². The van der Waals surface area contributed by atoms with E-state index in [1.165, 1.54) is 0 Å². The molecule has 1 aromatic heterocycles. The molecule has 0 aliphatic rings. The molecule has 0 bridgehead atoms. The molecule has 0 spiro atoms. The van der Waals surface area contributed by atoms with E-state index >= 15 is 0 Å². The average molecular weight is 384 g/mol. The minimum atomic E-state index is 0.412. The van der Waals surface area contributed by atoms with Gasteiger partial charge in [-0.15, -0.1) is 0 Å². The molecule has 1 aromatic carbocycles. The number of nitrogens with zero attached hydrogens (tertiary/aromatic N) is 3. The molecular formula is C13H13IN4S. The summed E-state index contributed by atoms with van der Waals surface area (Å²) < 4.78 is 1.02.